The molecule has 0 aliphatic carbocycles. The third-order valence-corrected chi connectivity index (χ3v) is 4.27. The summed E-state index contributed by atoms with van der Waals surface area (Å²) in [6.45, 7) is 2.69. The number of hydrazone groups is 1. The Labute approximate surface area is 164 Å². The van der Waals surface area contributed by atoms with Crippen LogP contribution in [0.5, 0.6) is 11.5 Å². The zero-order chi connectivity index (χ0) is 19.6. The summed E-state index contributed by atoms with van der Waals surface area (Å²) >= 11 is 3.41. The van der Waals surface area contributed by atoms with Crippen LogP contribution in [0.1, 0.15) is 31.2 Å². The average Bonchev–Trinajstić information content (AvgIpc) is 3.07. The molecule has 0 aromatic heterocycles. The van der Waals surface area contributed by atoms with Gasteiger partial charge in [-0.1, -0.05) is 22.0 Å². The summed E-state index contributed by atoms with van der Waals surface area (Å²) in [6.07, 6.45) is -0.888. The molecule has 27 heavy (non-hydrogen) atoms. The van der Waals surface area contributed by atoms with Gasteiger partial charge < -0.3 is 14.2 Å². The van der Waals surface area contributed by atoms with Gasteiger partial charge in [-0.2, -0.15) is 5.01 Å². The van der Waals surface area contributed by atoms with Crippen molar-refractivity contribution >= 4 is 33.7 Å². The molecule has 0 fully saturated rings. The third-order valence-electron chi connectivity index (χ3n) is 3.77. The second-order valence-corrected chi connectivity index (χ2v) is 6.66. The number of rotatable bonds is 4. The maximum Gasteiger partial charge on any atom is 0.308 e. The minimum Gasteiger partial charge on any atom is -0.497 e. The fourth-order valence-electron chi connectivity index (χ4n) is 2.60. The molecule has 2 aromatic rings. The van der Waals surface area contributed by atoms with E-state index in [0.29, 0.717) is 16.9 Å². The van der Waals surface area contributed by atoms with Crippen LogP contribution in [0.2, 0.25) is 0 Å². The van der Waals surface area contributed by atoms with E-state index < -0.39 is 12.2 Å². The first-order valence-electron chi connectivity index (χ1n) is 8.06. The van der Waals surface area contributed by atoms with E-state index in [1.54, 1.807) is 18.2 Å². The highest BCUT2D eigenvalue weighted by Crippen LogP contribution is 2.38. The molecule has 8 heteroatoms. The standard InChI is InChI=1S/C19H17BrN2O5/c1-11(23)22-19(27-18(21-22)13-5-4-6-14(20)9-13)16-10-15(25-3)7-8-17(16)26-12(2)24/h4-10,19H,1-3H3/t19-/m0/s1. The highest BCUT2D eigenvalue weighted by atomic mass is 79.9. The Morgan fingerprint density at radius 2 is 1.96 bits per heavy atom. The lowest BCUT2D eigenvalue weighted by Crippen LogP contribution is -2.26. The maximum absolute atomic E-state index is 12.2. The molecule has 0 saturated carbocycles. The van der Waals surface area contributed by atoms with Gasteiger partial charge in [0.25, 0.3) is 0 Å². The van der Waals surface area contributed by atoms with Crippen LogP contribution >= 0.6 is 15.9 Å². The molecule has 0 saturated heterocycles. The monoisotopic (exact) mass is 432 g/mol. The Balaban J connectivity index is 2.03. The van der Waals surface area contributed by atoms with Gasteiger partial charge in [-0.3, -0.25) is 9.59 Å². The molecular weight excluding hydrogens is 416 g/mol. The molecule has 2 aromatic carbocycles. The highest BCUT2D eigenvalue weighted by Gasteiger charge is 2.35. The van der Waals surface area contributed by atoms with E-state index in [4.69, 9.17) is 14.2 Å². The number of ether oxygens (including phenoxy) is 3. The number of carbonyl (C=O) groups is 2. The summed E-state index contributed by atoms with van der Waals surface area (Å²) in [4.78, 5) is 23.6. The molecule has 140 valence electrons. The molecule has 1 atom stereocenters. The van der Waals surface area contributed by atoms with Crippen molar-refractivity contribution in [2.45, 2.75) is 20.1 Å². The van der Waals surface area contributed by atoms with Crippen molar-refractivity contribution in [2.24, 2.45) is 5.10 Å². The quantitative estimate of drug-likeness (QED) is 0.544. The van der Waals surface area contributed by atoms with E-state index in [1.807, 2.05) is 24.3 Å². The zero-order valence-corrected chi connectivity index (χ0v) is 16.5. The number of esters is 1. The Kier molecular flexibility index (Phi) is 5.46. The molecule has 1 heterocycles. The van der Waals surface area contributed by atoms with Gasteiger partial charge in [-0.15, -0.1) is 5.10 Å². The minimum absolute atomic E-state index is 0.269. The number of hydrogen-bond donors (Lipinski definition) is 0. The van der Waals surface area contributed by atoms with Gasteiger partial charge in [0.2, 0.25) is 18.0 Å². The fraction of sp³-hybridized carbons (Fsp3) is 0.211. The van der Waals surface area contributed by atoms with Gasteiger partial charge in [0, 0.05) is 23.9 Å². The predicted octanol–water partition coefficient (Wildman–Crippen LogP) is 3.62. The largest absolute Gasteiger partial charge is 0.497 e. The first kappa shape index (κ1) is 18.9. The van der Waals surface area contributed by atoms with Crippen LogP contribution in [-0.2, 0) is 14.3 Å². The molecule has 0 bridgehead atoms. The molecule has 7 nitrogen and oxygen atoms in total. The second kappa shape index (κ2) is 7.79. The van der Waals surface area contributed by atoms with E-state index in [1.165, 1.54) is 26.0 Å². The summed E-state index contributed by atoms with van der Waals surface area (Å²) in [5.41, 5.74) is 1.16. The number of halogens is 1. The molecular formula is C19H17BrN2O5. The van der Waals surface area contributed by atoms with Crippen LogP contribution in [0.4, 0.5) is 0 Å². The van der Waals surface area contributed by atoms with Crippen molar-refractivity contribution in [3.63, 3.8) is 0 Å². The van der Waals surface area contributed by atoms with Crippen molar-refractivity contribution in [1.29, 1.82) is 0 Å². The number of amides is 1. The second-order valence-electron chi connectivity index (χ2n) is 5.75. The third kappa shape index (κ3) is 4.11. The molecule has 0 radical (unpaired) electrons. The molecule has 0 N–H and O–H groups in total. The van der Waals surface area contributed by atoms with Gasteiger partial charge in [0.15, 0.2) is 0 Å². The number of nitrogens with zero attached hydrogens (tertiary/aromatic N) is 2. The van der Waals surface area contributed by atoms with Gasteiger partial charge in [0.1, 0.15) is 11.5 Å². The van der Waals surface area contributed by atoms with Crippen molar-refractivity contribution < 1.29 is 23.8 Å². The van der Waals surface area contributed by atoms with Gasteiger partial charge in [-0.25, -0.2) is 0 Å². The topological polar surface area (TPSA) is 77.4 Å². The molecule has 1 aliphatic rings. The summed E-state index contributed by atoms with van der Waals surface area (Å²) in [6, 6.07) is 12.3. The van der Waals surface area contributed by atoms with Crippen LogP contribution in [0, 0.1) is 0 Å². The van der Waals surface area contributed by atoms with Crippen molar-refractivity contribution in [3.05, 3.63) is 58.1 Å². The molecule has 0 spiro atoms. The Bertz CT molecular complexity index is 928. The van der Waals surface area contributed by atoms with Crippen molar-refractivity contribution in [3.8, 4) is 11.5 Å². The zero-order valence-electron chi connectivity index (χ0n) is 14.9. The van der Waals surface area contributed by atoms with E-state index >= 15 is 0 Å². The van der Waals surface area contributed by atoms with E-state index in [9.17, 15) is 9.59 Å². The predicted molar refractivity (Wildman–Crippen MR) is 101 cm³/mol. The minimum atomic E-state index is -0.888. The van der Waals surface area contributed by atoms with Crippen LogP contribution in [-0.4, -0.2) is 29.9 Å². The van der Waals surface area contributed by atoms with Crippen LogP contribution in [0.15, 0.2) is 52.0 Å². The first-order valence-corrected chi connectivity index (χ1v) is 8.85. The summed E-state index contributed by atoms with van der Waals surface area (Å²) in [7, 11) is 1.52. The van der Waals surface area contributed by atoms with Gasteiger partial charge >= 0.3 is 5.97 Å². The Morgan fingerprint density at radius 1 is 1.19 bits per heavy atom. The highest BCUT2D eigenvalue weighted by molar-refractivity contribution is 9.10. The lowest BCUT2D eigenvalue weighted by molar-refractivity contribution is -0.135. The van der Waals surface area contributed by atoms with Crippen molar-refractivity contribution in [1.82, 2.24) is 5.01 Å². The van der Waals surface area contributed by atoms with E-state index in [-0.39, 0.29) is 17.6 Å². The molecule has 1 amide bonds. The fourth-order valence-corrected chi connectivity index (χ4v) is 3.00. The Morgan fingerprint density at radius 3 is 2.59 bits per heavy atom. The smallest absolute Gasteiger partial charge is 0.308 e. The lowest BCUT2D eigenvalue weighted by atomic mass is 10.1. The van der Waals surface area contributed by atoms with Crippen LogP contribution in [0.25, 0.3) is 0 Å². The van der Waals surface area contributed by atoms with Gasteiger partial charge in [0.05, 0.1) is 12.7 Å². The molecule has 3 rings (SSSR count). The van der Waals surface area contributed by atoms with Gasteiger partial charge in [-0.05, 0) is 36.4 Å². The van der Waals surface area contributed by atoms with E-state index in [0.717, 1.165) is 4.47 Å². The van der Waals surface area contributed by atoms with E-state index in [2.05, 4.69) is 21.0 Å². The first-order chi connectivity index (χ1) is 12.9. The number of benzene rings is 2. The average molecular weight is 433 g/mol. The number of carbonyl (C=O) groups excluding carboxylic acids is 2. The SMILES string of the molecule is COc1ccc(OC(C)=O)c([C@@H]2OC(c3cccc(Br)c3)=NN2C(C)=O)c1. The molecule has 0 unspecified atom stereocenters. The normalized spacial score (nSPS) is 15.8. The lowest BCUT2D eigenvalue weighted by Gasteiger charge is -2.21. The van der Waals surface area contributed by atoms with Crippen LogP contribution < -0.4 is 9.47 Å². The molecule has 1 aliphatic heterocycles. The summed E-state index contributed by atoms with van der Waals surface area (Å²) in [5.74, 6) is 0.283. The van der Waals surface area contributed by atoms with Crippen molar-refractivity contribution in [2.75, 3.05) is 7.11 Å². The maximum atomic E-state index is 12.2. The summed E-state index contributed by atoms with van der Waals surface area (Å²) < 4.78 is 17.4. The number of methoxy groups -OCH3 is 1. The summed E-state index contributed by atoms with van der Waals surface area (Å²) in [5, 5.41) is 5.51. The Hall–Kier alpha value is -2.87. The van der Waals surface area contributed by atoms with Crippen LogP contribution in [0.3, 0.4) is 0 Å². The number of hydrogen-bond acceptors (Lipinski definition) is 6.